The number of anilines is 2. The van der Waals surface area contributed by atoms with Crippen LogP contribution in [-0.4, -0.2) is 57.0 Å². The van der Waals surface area contributed by atoms with Gasteiger partial charge in [-0.1, -0.05) is 48.3 Å². The Morgan fingerprint density at radius 3 is 2.44 bits per heavy atom. The molecule has 6 rings (SSSR count). The number of hydrogen-bond acceptors (Lipinski definition) is 9. The van der Waals surface area contributed by atoms with Crippen LogP contribution in [0.2, 0.25) is 10.0 Å². The molecule has 0 unspecified atom stereocenters. The van der Waals surface area contributed by atoms with Gasteiger partial charge in [-0.15, -0.1) is 0 Å². The number of carbonyl (C=O) groups excluding carboxylic acids is 2. The first-order chi connectivity index (χ1) is 21.6. The number of halogens is 2. The molecule has 3 aliphatic rings. The van der Waals surface area contributed by atoms with Gasteiger partial charge in [-0.2, -0.15) is 0 Å². The first-order valence-electron chi connectivity index (χ1n) is 15.1. The highest BCUT2D eigenvalue weighted by Gasteiger charge is 2.46. The number of piperidine rings is 1. The fourth-order valence-electron chi connectivity index (χ4n) is 6.26. The number of amides is 1. The van der Waals surface area contributed by atoms with Crippen molar-refractivity contribution < 1.29 is 32.0 Å². The molecular weight excluding hydrogens is 641 g/mol. The van der Waals surface area contributed by atoms with Gasteiger partial charge in [0.25, 0.3) is 0 Å². The summed E-state index contributed by atoms with van der Waals surface area (Å²) in [7, 11) is -4.02. The molecule has 3 aromatic rings. The van der Waals surface area contributed by atoms with Crippen LogP contribution in [0.3, 0.4) is 0 Å². The number of nitrogens with zero attached hydrogens (tertiary/aromatic N) is 3. The van der Waals surface area contributed by atoms with Gasteiger partial charge in [0.15, 0.2) is 0 Å². The highest BCUT2D eigenvalue weighted by molar-refractivity contribution is 7.93. The van der Waals surface area contributed by atoms with Gasteiger partial charge in [-0.3, -0.25) is 9.59 Å². The number of hydrogen-bond donors (Lipinski definition) is 0. The Morgan fingerprint density at radius 2 is 1.84 bits per heavy atom. The molecule has 2 aliphatic carbocycles. The van der Waals surface area contributed by atoms with Crippen molar-refractivity contribution in [3.8, 4) is 11.3 Å². The number of ether oxygens (including phenoxy) is 2. The van der Waals surface area contributed by atoms with E-state index in [-0.39, 0.29) is 36.8 Å². The predicted molar refractivity (Wildman–Crippen MR) is 171 cm³/mol. The maximum absolute atomic E-state index is 12.8. The maximum Gasteiger partial charge on any atom is 0.308 e. The average molecular weight is 677 g/mol. The van der Waals surface area contributed by atoms with Gasteiger partial charge in [0.1, 0.15) is 23.8 Å². The lowest BCUT2D eigenvalue weighted by atomic mass is 10.0. The summed E-state index contributed by atoms with van der Waals surface area (Å²) in [6.45, 7) is 4.16. The number of aromatic nitrogens is 1. The lowest BCUT2D eigenvalue weighted by Gasteiger charge is -2.33. The van der Waals surface area contributed by atoms with E-state index in [4.69, 9.17) is 37.2 Å². The minimum Gasteiger partial charge on any atom is -0.464 e. The summed E-state index contributed by atoms with van der Waals surface area (Å²) in [6.07, 6.45) is 4.29. The molecule has 2 heterocycles. The van der Waals surface area contributed by atoms with Crippen LogP contribution < -0.4 is 9.21 Å². The third-order valence-electron chi connectivity index (χ3n) is 8.77. The Morgan fingerprint density at radius 1 is 1.13 bits per heavy atom. The quantitative estimate of drug-likeness (QED) is 0.154. The SMILES string of the molecule is CC(C)C(=O)OCCS(=O)(=O)N(C=O)c1ccc(N2C[C@@H]3C[C@H]2C[C@H]3OCc2c(-c3c(Cl)cccc3Cl)noc2C2CC2)cc1. The zero-order valence-electron chi connectivity index (χ0n) is 25.0. The fraction of sp³-hybridized carbons (Fsp3) is 0.469. The van der Waals surface area contributed by atoms with Gasteiger partial charge in [0.05, 0.1) is 34.4 Å². The van der Waals surface area contributed by atoms with Crippen molar-refractivity contribution in [2.45, 2.75) is 64.2 Å². The van der Waals surface area contributed by atoms with Crippen molar-refractivity contribution in [3.63, 3.8) is 0 Å². The summed E-state index contributed by atoms with van der Waals surface area (Å²) in [5, 5.41) is 5.40. The monoisotopic (exact) mass is 675 g/mol. The summed E-state index contributed by atoms with van der Waals surface area (Å²) in [5.41, 5.74) is 3.39. The van der Waals surface area contributed by atoms with Gasteiger partial charge in [0, 0.05) is 41.2 Å². The summed E-state index contributed by atoms with van der Waals surface area (Å²) in [6, 6.07) is 12.6. The average Bonchev–Trinajstić information content (AvgIpc) is 3.45. The van der Waals surface area contributed by atoms with Crippen LogP contribution in [0.4, 0.5) is 11.4 Å². The Labute approximate surface area is 272 Å². The Hall–Kier alpha value is -3.12. The highest BCUT2D eigenvalue weighted by atomic mass is 35.5. The molecule has 1 aromatic heterocycles. The number of carbonyl (C=O) groups is 2. The molecule has 3 fully saturated rings. The molecule has 1 amide bonds. The topological polar surface area (TPSA) is 119 Å². The molecule has 3 atom stereocenters. The van der Waals surface area contributed by atoms with Crippen LogP contribution in [-0.2, 0) is 35.7 Å². The molecule has 0 spiro atoms. The molecule has 2 bridgehead atoms. The van der Waals surface area contributed by atoms with Crippen molar-refractivity contribution in [2.75, 3.05) is 28.1 Å². The van der Waals surface area contributed by atoms with Gasteiger partial charge < -0.3 is 18.9 Å². The molecule has 0 radical (unpaired) electrons. The van der Waals surface area contributed by atoms with Crippen molar-refractivity contribution in [3.05, 3.63) is 63.8 Å². The lowest BCUT2D eigenvalue weighted by molar-refractivity contribution is -0.146. The zero-order valence-corrected chi connectivity index (χ0v) is 27.4. The minimum atomic E-state index is -4.02. The molecular formula is C32H35Cl2N3O7S. The van der Waals surface area contributed by atoms with E-state index in [0.29, 0.717) is 44.1 Å². The molecule has 13 heteroatoms. The summed E-state index contributed by atoms with van der Waals surface area (Å²) in [5.74, 6) is 0.170. The summed E-state index contributed by atoms with van der Waals surface area (Å²) < 4.78 is 43.6. The van der Waals surface area contributed by atoms with Crippen LogP contribution >= 0.6 is 23.2 Å². The largest absolute Gasteiger partial charge is 0.464 e. The van der Waals surface area contributed by atoms with Crippen molar-refractivity contribution in [1.29, 1.82) is 0 Å². The zero-order chi connectivity index (χ0) is 31.9. The molecule has 1 aliphatic heterocycles. The van der Waals surface area contributed by atoms with Crippen LogP contribution in [0, 0.1) is 11.8 Å². The first-order valence-corrected chi connectivity index (χ1v) is 17.5. The number of benzene rings is 2. The number of fused-ring (bicyclic) bond motifs is 2. The third-order valence-corrected chi connectivity index (χ3v) is 11.0. The van der Waals surface area contributed by atoms with Gasteiger partial charge in [-0.05, 0) is 62.1 Å². The van der Waals surface area contributed by atoms with Crippen molar-refractivity contribution in [1.82, 2.24) is 5.16 Å². The number of esters is 1. The van der Waals surface area contributed by atoms with E-state index in [9.17, 15) is 18.0 Å². The van der Waals surface area contributed by atoms with E-state index < -0.39 is 21.7 Å². The molecule has 10 nitrogen and oxygen atoms in total. The molecule has 1 saturated heterocycles. The lowest BCUT2D eigenvalue weighted by Crippen LogP contribution is -2.38. The molecule has 240 valence electrons. The Bertz CT molecular complexity index is 1650. The smallest absolute Gasteiger partial charge is 0.308 e. The highest BCUT2D eigenvalue weighted by Crippen LogP contribution is 2.47. The fourth-order valence-corrected chi connectivity index (χ4v) is 7.90. The van der Waals surface area contributed by atoms with E-state index in [2.05, 4.69) is 10.1 Å². The normalized spacial score (nSPS) is 21.0. The van der Waals surface area contributed by atoms with Crippen LogP contribution in [0.15, 0.2) is 47.0 Å². The second kappa shape index (κ2) is 12.9. The third kappa shape index (κ3) is 6.58. The van der Waals surface area contributed by atoms with Crippen molar-refractivity contribution in [2.24, 2.45) is 11.8 Å². The van der Waals surface area contributed by atoms with E-state index in [1.807, 2.05) is 12.1 Å². The molecule has 2 aromatic carbocycles. The molecule has 2 saturated carbocycles. The Kier molecular flexibility index (Phi) is 9.16. The van der Waals surface area contributed by atoms with E-state index >= 15 is 0 Å². The van der Waals surface area contributed by atoms with Gasteiger partial charge >= 0.3 is 5.97 Å². The number of sulfonamides is 1. The minimum absolute atomic E-state index is 0.0718. The van der Waals surface area contributed by atoms with Crippen molar-refractivity contribution >= 4 is 57.0 Å². The van der Waals surface area contributed by atoms with E-state index in [1.54, 1.807) is 44.2 Å². The predicted octanol–water partition coefficient (Wildman–Crippen LogP) is 6.20. The maximum atomic E-state index is 12.8. The second-order valence-electron chi connectivity index (χ2n) is 12.2. The van der Waals surface area contributed by atoms with E-state index in [0.717, 1.165) is 49.2 Å². The van der Waals surface area contributed by atoms with Crippen LogP contribution in [0.5, 0.6) is 0 Å². The van der Waals surface area contributed by atoms with Gasteiger partial charge in [0.2, 0.25) is 16.4 Å². The summed E-state index contributed by atoms with van der Waals surface area (Å²) >= 11 is 13.0. The standard InChI is InChI=1S/C32H35Cl2N3O7S/c1-19(2)32(39)42-12-13-45(40,41)37(18-38)23-10-8-22(9-11-23)36-16-21-14-24(36)15-28(21)43-17-25-30(35-44-31(25)20-6-7-20)29-26(33)4-3-5-27(29)34/h3-5,8-11,18-21,24,28H,6-7,12-17H2,1-2H3/t21-,24-,28+/m0/s1. The van der Waals surface area contributed by atoms with Crippen LogP contribution in [0.1, 0.15) is 56.8 Å². The van der Waals surface area contributed by atoms with E-state index in [1.165, 1.54) is 0 Å². The second-order valence-corrected chi connectivity index (χ2v) is 15.0. The molecule has 45 heavy (non-hydrogen) atoms. The Balaban J connectivity index is 1.08. The van der Waals surface area contributed by atoms with Gasteiger partial charge in [-0.25, -0.2) is 12.7 Å². The van der Waals surface area contributed by atoms with Crippen LogP contribution in [0.25, 0.3) is 11.3 Å². The first kappa shape index (κ1) is 31.8. The molecule has 0 N–H and O–H groups in total. The summed E-state index contributed by atoms with van der Waals surface area (Å²) in [4.78, 5) is 25.8. The number of rotatable bonds is 13.